The van der Waals surface area contributed by atoms with E-state index in [1.807, 2.05) is 59.2 Å². The molecule has 2 aromatic heterocycles. The van der Waals surface area contributed by atoms with Gasteiger partial charge >= 0.3 is 0 Å². The van der Waals surface area contributed by atoms with Crippen molar-refractivity contribution in [2.24, 2.45) is 5.10 Å². The molecule has 0 saturated heterocycles. The number of amides is 1. The van der Waals surface area contributed by atoms with Gasteiger partial charge in [0.05, 0.1) is 12.0 Å². The maximum absolute atomic E-state index is 12.2. The summed E-state index contributed by atoms with van der Waals surface area (Å²) in [6.45, 7) is 0. The molecule has 0 saturated carbocycles. The molecule has 7 nitrogen and oxygen atoms in total. The summed E-state index contributed by atoms with van der Waals surface area (Å²) in [6, 6.07) is 21.3. The van der Waals surface area contributed by atoms with Crippen molar-refractivity contribution in [3.05, 3.63) is 89.2 Å². The fourth-order valence-corrected chi connectivity index (χ4v) is 3.76. The molecule has 2 heterocycles. The van der Waals surface area contributed by atoms with Gasteiger partial charge in [-0.2, -0.15) is 5.10 Å². The van der Waals surface area contributed by atoms with E-state index in [0.29, 0.717) is 11.0 Å². The average Bonchev–Trinajstić information content (AvgIpc) is 3.23. The van der Waals surface area contributed by atoms with E-state index < -0.39 is 0 Å². The van der Waals surface area contributed by atoms with Crippen LogP contribution in [-0.2, 0) is 4.79 Å². The van der Waals surface area contributed by atoms with Gasteiger partial charge in [-0.1, -0.05) is 58.0 Å². The number of hydrogen-bond acceptors (Lipinski definition) is 6. The number of rotatable bonds is 7. The van der Waals surface area contributed by atoms with E-state index in [2.05, 4.69) is 41.6 Å². The van der Waals surface area contributed by atoms with Crippen LogP contribution >= 0.6 is 27.7 Å². The predicted molar refractivity (Wildman–Crippen MR) is 125 cm³/mol. The van der Waals surface area contributed by atoms with Gasteiger partial charge in [-0.3, -0.25) is 14.3 Å². The van der Waals surface area contributed by atoms with Gasteiger partial charge in [-0.15, -0.1) is 10.2 Å². The van der Waals surface area contributed by atoms with E-state index in [0.717, 1.165) is 21.3 Å². The minimum Gasteiger partial charge on any atom is -0.272 e. The number of halogens is 1. The molecule has 154 valence electrons. The molecule has 0 fully saturated rings. The quantitative estimate of drug-likeness (QED) is 0.235. The van der Waals surface area contributed by atoms with Crippen molar-refractivity contribution in [1.82, 2.24) is 25.2 Å². The number of carbonyl (C=O) groups is 1. The second-order valence-electron chi connectivity index (χ2n) is 6.35. The second-order valence-corrected chi connectivity index (χ2v) is 8.20. The van der Waals surface area contributed by atoms with Gasteiger partial charge in [0, 0.05) is 28.1 Å². The highest BCUT2D eigenvalue weighted by Crippen LogP contribution is 2.28. The first-order valence-corrected chi connectivity index (χ1v) is 11.1. The van der Waals surface area contributed by atoms with Crippen LogP contribution < -0.4 is 5.43 Å². The minimum absolute atomic E-state index is 0.152. The Balaban J connectivity index is 1.51. The molecule has 2 aromatic carbocycles. The van der Waals surface area contributed by atoms with Gasteiger partial charge in [0.25, 0.3) is 5.91 Å². The van der Waals surface area contributed by atoms with Crippen LogP contribution in [0.2, 0.25) is 0 Å². The summed E-state index contributed by atoms with van der Waals surface area (Å²) in [5.74, 6) is 0.624. The monoisotopic (exact) mass is 492 g/mol. The van der Waals surface area contributed by atoms with E-state index in [9.17, 15) is 4.79 Å². The summed E-state index contributed by atoms with van der Waals surface area (Å²) in [4.78, 5) is 16.2. The molecule has 0 aliphatic carbocycles. The number of carbonyl (C=O) groups excluding carboxylic acids is 1. The lowest BCUT2D eigenvalue weighted by molar-refractivity contribution is -0.118. The molecule has 4 aromatic rings. The average molecular weight is 493 g/mol. The topological polar surface area (TPSA) is 85.1 Å². The summed E-state index contributed by atoms with van der Waals surface area (Å²) in [6.07, 6.45) is 4.90. The summed E-state index contributed by atoms with van der Waals surface area (Å²) in [5.41, 5.74) is 5.23. The molecule has 0 atom stereocenters. The lowest BCUT2D eigenvalue weighted by Gasteiger charge is -2.10. The highest BCUT2D eigenvalue weighted by molar-refractivity contribution is 9.10. The minimum atomic E-state index is -0.233. The number of nitrogens with zero attached hydrogens (tertiary/aromatic N) is 5. The van der Waals surface area contributed by atoms with Gasteiger partial charge in [0.1, 0.15) is 0 Å². The van der Waals surface area contributed by atoms with Gasteiger partial charge in [0.15, 0.2) is 11.0 Å². The van der Waals surface area contributed by atoms with Gasteiger partial charge < -0.3 is 0 Å². The van der Waals surface area contributed by atoms with E-state index in [1.54, 1.807) is 30.7 Å². The Labute approximate surface area is 191 Å². The van der Waals surface area contributed by atoms with Crippen molar-refractivity contribution in [2.45, 2.75) is 5.16 Å². The van der Waals surface area contributed by atoms with E-state index in [4.69, 9.17) is 0 Å². The van der Waals surface area contributed by atoms with Crippen LogP contribution in [0.1, 0.15) is 5.56 Å². The van der Waals surface area contributed by atoms with Crippen molar-refractivity contribution < 1.29 is 4.79 Å². The van der Waals surface area contributed by atoms with Crippen molar-refractivity contribution in [3.63, 3.8) is 0 Å². The highest BCUT2D eigenvalue weighted by Gasteiger charge is 2.17. The maximum Gasteiger partial charge on any atom is 0.250 e. The van der Waals surface area contributed by atoms with E-state index in [1.165, 1.54) is 11.8 Å². The van der Waals surface area contributed by atoms with Crippen LogP contribution in [-0.4, -0.2) is 37.6 Å². The summed E-state index contributed by atoms with van der Waals surface area (Å²) in [7, 11) is 0. The number of thioether (sulfide) groups is 1. The van der Waals surface area contributed by atoms with Crippen LogP contribution in [0.3, 0.4) is 0 Å². The molecule has 0 aliphatic heterocycles. The molecule has 1 N–H and O–H groups in total. The lowest BCUT2D eigenvalue weighted by atomic mass is 10.2. The Bertz CT molecular complexity index is 1180. The highest BCUT2D eigenvalue weighted by atomic mass is 79.9. The number of hydrazone groups is 1. The summed E-state index contributed by atoms with van der Waals surface area (Å²) >= 11 is 4.76. The number of para-hydroxylation sites is 1. The molecule has 0 unspecified atom stereocenters. The van der Waals surface area contributed by atoms with Gasteiger partial charge in [-0.25, -0.2) is 5.43 Å². The first kappa shape index (κ1) is 21.0. The van der Waals surface area contributed by atoms with E-state index in [-0.39, 0.29) is 11.7 Å². The van der Waals surface area contributed by atoms with Crippen LogP contribution in [0.5, 0.6) is 0 Å². The van der Waals surface area contributed by atoms with Crippen LogP contribution in [0.15, 0.2) is 93.9 Å². The number of nitrogens with one attached hydrogen (secondary N) is 1. The smallest absolute Gasteiger partial charge is 0.250 e. The number of benzene rings is 2. The van der Waals surface area contributed by atoms with E-state index >= 15 is 0 Å². The van der Waals surface area contributed by atoms with Crippen molar-refractivity contribution in [3.8, 4) is 17.1 Å². The molecule has 9 heteroatoms. The zero-order valence-corrected chi connectivity index (χ0v) is 18.6. The van der Waals surface area contributed by atoms with Crippen LogP contribution in [0.25, 0.3) is 17.1 Å². The fourth-order valence-electron chi connectivity index (χ4n) is 2.75. The maximum atomic E-state index is 12.2. The second kappa shape index (κ2) is 10.1. The third kappa shape index (κ3) is 5.44. The predicted octanol–water partition coefficient (Wildman–Crippen LogP) is 4.33. The Kier molecular flexibility index (Phi) is 6.85. The third-order valence-electron chi connectivity index (χ3n) is 4.19. The van der Waals surface area contributed by atoms with Crippen molar-refractivity contribution in [2.75, 3.05) is 5.75 Å². The van der Waals surface area contributed by atoms with Gasteiger partial charge in [0.2, 0.25) is 0 Å². The molecular formula is C22H17BrN6OS. The molecule has 4 rings (SSSR count). The third-order valence-corrected chi connectivity index (χ3v) is 5.65. The normalized spacial score (nSPS) is 11.0. The Hall–Kier alpha value is -3.30. The number of aromatic nitrogens is 4. The summed E-state index contributed by atoms with van der Waals surface area (Å²) in [5, 5.41) is 13.3. The standard InChI is InChI=1S/C22H17BrN6OS/c23-18-8-6-17(7-9-18)21-27-28-22(29(21)19-4-2-1-3-5-19)31-15-20(30)26-25-14-16-10-12-24-13-11-16/h1-14H,15H2,(H,26,30)/b25-14+. The fraction of sp³-hybridized carbons (Fsp3) is 0.0455. The molecule has 1 amide bonds. The van der Waals surface area contributed by atoms with Gasteiger partial charge in [-0.05, 0) is 42.0 Å². The number of hydrogen-bond donors (Lipinski definition) is 1. The Morgan fingerprint density at radius 1 is 1.03 bits per heavy atom. The van der Waals surface area contributed by atoms with Crippen molar-refractivity contribution in [1.29, 1.82) is 0 Å². The largest absolute Gasteiger partial charge is 0.272 e. The molecule has 0 spiro atoms. The first-order chi connectivity index (χ1) is 15.2. The summed E-state index contributed by atoms with van der Waals surface area (Å²) < 4.78 is 2.93. The number of pyridine rings is 1. The molecular weight excluding hydrogens is 476 g/mol. The van der Waals surface area contributed by atoms with Crippen molar-refractivity contribution >= 4 is 39.8 Å². The first-order valence-electron chi connectivity index (χ1n) is 9.32. The molecule has 31 heavy (non-hydrogen) atoms. The lowest BCUT2D eigenvalue weighted by Crippen LogP contribution is -2.20. The SMILES string of the molecule is O=C(CSc1nnc(-c2ccc(Br)cc2)n1-c1ccccc1)N/N=C/c1ccncc1. The zero-order valence-electron chi connectivity index (χ0n) is 16.2. The van der Waals surface area contributed by atoms with Crippen LogP contribution in [0.4, 0.5) is 0 Å². The van der Waals surface area contributed by atoms with Crippen LogP contribution in [0, 0.1) is 0 Å². The molecule has 0 radical (unpaired) electrons. The zero-order chi connectivity index (χ0) is 21.5. The molecule has 0 aliphatic rings. The molecule has 0 bridgehead atoms. The Morgan fingerprint density at radius 2 is 1.77 bits per heavy atom. The Morgan fingerprint density at radius 3 is 2.52 bits per heavy atom.